The maximum atomic E-state index is 12.0. The predicted octanol–water partition coefficient (Wildman–Crippen LogP) is 3.37. The molecule has 0 fully saturated rings. The Bertz CT molecular complexity index is 660. The SMILES string of the molecule is O=C(CCCCP(=O)(O)O)c1ccc2ccccc2c1. The fourth-order valence-corrected chi connectivity index (χ4v) is 2.75. The molecule has 5 heteroatoms. The van der Waals surface area contributed by atoms with Crippen LogP contribution in [0.4, 0.5) is 0 Å². The van der Waals surface area contributed by atoms with E-state index in [9.17, 15) is 9.36 Å². The van der Waals surface area contributed by atoms with E-state index in [2.05, 4.69) is 0 Å². The van der Waals surface area contributed by atoms with E-state index in [-0.39, 0.29) is 11.9 Å². The van der Waals surface area contributed by atoms with E-state index < -0.39 is 7.60 Å². The van der Waals surface area contributed by atoms with Crippen LogP contribution in [-0.2, 0) is 4.57 Å². The molecule has 0 bridgehead atoms. The lowest BCUT2D eigenvalue weighted by atomic mass is 10.0. The molecule has 2 aromatic rings. The molecule has 0 aliphatic heterocycles. The lowest BCUT2D eigenvalue weighted by Crippen LogP contribution is -1.99. The Morgan fingerprint density at radius 3 is 2.40 bits per heavy atom. The third-order valence-electron chi connectivity index (χ3n) is 3.17. The molecule has 2 N–H and O–H groups in total. The first kappa shape index (κ1) is 14.9. The number of hydrogen-bond donors (Lipinski definition) is 2. The average molecular weight is 292 g/mol. The highest BCUT2D eigenvalue weighted by molar-refractivity contribution is 7.51. The normalized spacial score (nSPS) is 11.7. The Labute approximate surface area is 117 Å². The van der Waals surface area contributed by atoms with Crippen molar-refractivity contribution in [3.05, 3.63) is 48.0 Å². The van der Waals surface area contributed by atoms with Crippen molar-refractivity contribution in [2.24, 2.45) is 0 Å². The second-order valence-corrected chi connectivity index (χ2v) is 6.61. The summed E-state index contributed by atoms with van der Waals surface area (Å²) in [7, 11) is -3.94. The van der Waals surface area contributed by atoms with Crippen LogP contribution in [0.2, 0.25) is 0 Å². The quantitative estimate of drug-likeness (QED) is 0.486. The lowest BCUT2D eigenvalue weighted by Gasteiger charge is -2.05. The summed E-state index contributed by atoms with van der Waals surface area (Å²) >= 11 is 0. The van der Waals surface area contributed by atoms with Crippen LogP contribution in [-0.4, -0.2) is 21.7 Å². The molecule has 106 valence electrons. The number of benzene rings is 2. The Balaban J connectivity index is 1.96. The van der Waals surface area contributed by atoms with Crippen molar-refractivity contribution in [1.82, 2.24) is 0 Å². The van der Waals surface area contributed by atoms with Crippen LogP contribution in [0.15, 0.2) is 42.5 Å². The van der Waals surface area contributed by atoms with Gasteiger partial charge in [0, 0.05) is 18.1 Å². The second-order valence-electron chi connectivity index (χ2n) is 4.83. The molecule has 20 heavy (non-hydrogen) atoms. The minimum Gasteiger partial charge on any atom is -0.324 e. The van der Waals surface area contributed by atoms with Gasteiger partial charge in [0.2, 0.25) is 0 Å². The van der Waals surface area contributed by atoms with E-state index in [1.165, 1.54) is 0 Å². The van der Waals surface area contributed by atoms with Crippen molar-refractivity contribution >= 4 is 24.2 Å². The van der Waals surface area contributed by atoms with E-state index in [0.717, 1.165) is 10.8 Å². The van der Waals surface area contributed by atoms with Crippen LogP contribution >= 0.6 is 7.60 Å². The minimum atomic E-state index is -3.94. The van der Waals surface area contributed by atoms with E-state index in [0.29, 0.717) is 24.8 Å². The minimum absolute atomic E-state index is 0.0152. The molecule has 0 aliphatic carbocycles. The lowest BCUT2D eigenvalue weighted by molar-refractivity contribution is 0.0979. The van der Waals surface area contributed by atoms with E-state index >= 15 is 0 Å². The number of carbonyl (C=O) groups is 1. The highest BCUT2D eigenvalue weighted by atomic mass is 31.2. The van der Waals surface area contributed by atoms with Crippen LogP contribution in [0.25, 0.3) is 10.8 Å². The van der Waals surface area contributed by atoms with Gasteiger partial charge in [0.1, 0.15) is 0 Å². The maximum absolute atomic E-state index is 12.0. The summed E-state index contributed by atoms with van der Waals surface area (Å²) in [5.41, 5.74) is 0.653. The standard InChI is InChI=1S/C15H17O4P/c16-15(7-3-4-10-20(17,18)19)14-9-8-12-5-1-2-6-13(12)11-14/h1-2,5-6,8-9,11H,3-4,7,10H2,(H2,17,18,19). The highest BCUT2D eigenvalue weighted by Crippen LogP contribution is 2.35. The number of carbonyl (C=O) groups excluding carboxylic acids is 1. The number of hydrogen-bond acceptors (Lipinski definition) is 2. The van der Waals surface area contributed by atoms with Crippen molar-refractivity contribution in [2.75, 3.05) is 6.16 Å². The van der Waals surface area contributed by atoms with Gasteiger partial charge in [-0.3, -0.25) is 9.36 Å². The largest absolute Gasteiger partial charge is 0.325 e. The number of unbranched alkanes of at least 4 members (excludes halogenated alkanes) is 1. The third kappa shape index (κ3) is 4.27. The van der Waals surface area contributed by atoms with Gasteiger partial charge in [-0.1, -0.05) is 36.4 Å². The fraction of sp³-hybridized carbons (Fsp3) is 0.267. The molecule has 0 aliphatic rings. The van der Waals surface area contributed by atoms with E-state index in [4.69, 9.17) is 9.79 Å². The zero-order chi connectivity index (χ0) is 14.6. The van der Waals surface area contributed by atoms with Gasteiger partial charge in [-0.25, -0.2) is 0 Å². The number of Topliss-reactive ketones (excluding diaryl/α,β-unsaturated/α-hetero) is 1. The molecule has 0 spiro atoms. The number of rotatable bonds is 6. The van der Waals surface area contributed by atoms with Gasteiger partial charge in [-0.2, -0.15) is 0 Å². The molecule has 0 heterocycles. The summed E-state index contributed by atoms with van der Waals surface area (Å²) in [6.45, 7) is 0. The maximum Gasteiger partial charge on any atom is 0.325 e. The van der Waals surface area contributed by atoms with Gasteiger partial charge in [-0.05, 0) is 29.7 Å². The predicted molar refractivity (Wildman–Crippen MR) is 79.0 cm³/mol. The fourth-order valence-electron chi connectivity index (χ4n) is 2.11. The molecule has 0 saturated carbocycles. The summed E-state index contributed by atoms with van der Waals surface area (Å²) in [5.74, 6) is 0.0152. The van der Waals surface area contributed by atoms with Crippen molar-refractivity contribution in [3.8, 4) is 0 Å². The zero-order valence-corrected chi connectivity index (χ0v) is 11.9. The molecule has 2 rings (SSSR count). The van der Waals surface area contributed by atoms with Gasteiger partial charge in [0.25, 0.3) is 0 Å². The van der Waals surface area contributed by atoms with Gasteiger partial charge >= 0.3 is 7.60 Å². The Morgan fingerprint density at radius 2 is 1.70 bits per heavy atom. The molecule has 0 atom stereocenters. The third-order valence-corrected chi connectivity index (χ3v) is 4.07. The monoisotopic (exact) mass is 292 g/mol. The number of ketones is 1. The van der Waals surface area contributed by atoms with E-state index in [1.807, 2.05) is 36.4 Å². The topological polar surface area (TPSA) is 74.6 Å². The van der Waals surface area contributed by atoms with Crippen molar-refractivity contribution in [2.45, 2.75) is 19.3 Å². The second kappa shape index (κ2) is 6.31. The summed E-state index contributed by atoms with van der Waals surface area (Å²) < 4.78 is 10.7. The summed E-state index contributed by atoms with van der Waals surface area (Å²) in [6, 6.07) is 13.4. The Hall–Kier alpha value is -1.48. The first-order valence-electron chi connectivity index (χ1n) is 6.52. The van der Waals surface area contributed by atoms with Crippen LogP contribution < -0.4 is 0 Å². The molecule has 0 unspecified atom stereocenters. The first-order chi connectivity index (χ1) is 9.46. The molecule has 0 aromatic heterocycles. The van der Waals surface area contributed by atoms with Crippen molar-refractivity contribution < 1.29 is 19.1 Å². The smallest absolute Gasteiger partial charge is 0.324 e. The highest BCUT2D eigenvalue weighted by Gasteiger charge is 2.13. The molecule has 0 radical (unpaired) electrons. The summed E-state index contributed by atoms with van der Waals surface area (Å²) in [4.78, 5) is 29.5. The Kier molecular flexibility index (Phi) is 4.71. The van der Waals surface area contributed by atoms with Crippen LogP contribution in [0, 0.1) is 0 Å². The average Bonchev–Trinajstić information content (AvgIpc) is 2.42. The molecule has 0 saturated heterocycles. The Morgan fingerprint density at radius 1 is 1.00 bits per heavy atom. The molecule has 4 nitrogen and oxygen atoms in total. The molecular formula is C15H17O4P. The zero-order valence-electron chi connectivity index (χ0n) is 11.0. The summed E-state index contributed by atoms with van der Waals surface area (Å²) in [5, 5.41) is 2.11. The van der Waals surface area contributed by atoms with Crippen molar-refractivity contribution in [3.63, 3.8) is 0 Å². The van der Waals surface area contributed by atoms with Crippen LogP contribution in [0.3, 0.4) is 0 Å². The van der Waals surface area contributed by atoms with Gasteiger partial charge in [0.05, 0.1) is 0 Å². The molecular weight excluding hydrogens is 275 g/mol. The van der Waals surface area contributed by atoms with Crippen LogP contribution in [0.1, 0.15) is 29.6 Å². The van der Waals surface area contributed by atoms with Gasteiger partial charge < -0.3 is 9.79 Å². The van der Waals surface area contributed by atoms with E-state index in [1.54, 1.807) is 6.07 Å². The van der Waals surface area contributed by atoms with Gasteiger partial charge in [0.15, 0.2) is 5.78 Å². The summed E-state index contributed by atoms with van der Waals surface area (Å²) in [6.07, 6.45) is 1.02. The molecule has 2 aromatic carbocycles. The first-order valence-corrected chi connectivity index (χ1v) is 8.32. The number of fused-ring (bicyclic) bond motifs is 1. The van der Waals surface area contributed by atoms with Gasteiger partial charge in [-0.15, -0.1) is 0 Å². The molecule has 0 amide bonds. The van der Waals surface area contributed by atoms with Crippen LogP contribution in [0.5, 0.6) is 0 Å². The van der Waals surface area contributed by atoms with Crippen molar-refractivity contribution in [1.29, 1.82) is 0 Å².